The molecule has 0 nitrogen and oxygen atoms in total. The summed E-state index contributed by atoms with van der Waals surface area (Å²) in [5.41, 5.74) is -0.155. The summed E-state index contributed by atoms with van der Waals surface area (Å²) >= 11 is 0. The molecule has 2 heteroatoms. The minimum Gasteiger partial charge on any atom is -0.104 e. The van der Waals surface area contributed by atoms with E-state index < -0.39 is 0 Å². The second-order valence-electron chi connectivity index (χ2n) is 3.09. The van der Waals surface area contributed by atoms with Crippen LogP contribution in [0.2, 0.25) is 5.72 Å². The molecule has 0 amide bonds. The van der Waals surface area contributed by atoms with Crippen LogP contribution in [0.5, 0.6) is 0 Å². The van der Waals surface area contributed by atoms with Gasteiger partial charge in [0.1, 0.15) is 0 Å². The van der Waals surface area contributed by atoms with Gasteiger partial charge in [-0.25, -0.2) is 0 Å². The maximum Gasteiger partial charge on any atom is 0.0583 e. The van der Waals surface area contributed by atoms with E-state index >= 15 is 0 Å². The highest BCUT2D eigenvalue weighted by Gasteiger charge is 2.26. The Kier molecular flexibility index (Phi) is 4.63. The molecule has 0 spiro atoms. The Balaban J connectivity index is 4.31. The Labute approximate surface area is 73.3 Å². The molecular formula is C9H16B2. The number of hydrogen-bond acceptors (Lipinski definition) is 0. The second-order valence-corrected chi connectivity index (χ2v) is 3.09. The van der Waals surface area contributed by atoms with Crippen LogP contribution in [0.1, 0.15) is 33.1 Å². The Morgan fingerprint density at radius 2 is 1.82 bits per heavy atom. The van der Waals surface area contributed by atoms with Crippen LogP contribution in [0, 0.1) is 5.41 Å². The highest BCUT2D eigenvalue weighted by atomic mass is 14.3. The van der Waals surface area contributed by atoms with Crippen LogP contribution in [0.4, 0.5) is 0 Å². The van der Waals surface area contributed by atoms with Gasteiger partial charge < -0.3 is 0 Å². The van der Waals surface area contributed by atoms with E-state index in [1.807, 2.05) is 6.08 Å². The van der Waals surface area contributed by atoms with Gasteiger partial charge in [0.25, 0.3) is 0 Å². The average Bonchev–Trinajstić information content (AvgIpc) is 2.00. The average molecular weight is 146 g/mol. The third-order valence-corrected chi connectivity index (χ3v) is 2.67. The smallest absolute Gasteiger partial charge is 0.0583 e. The summed E-state index contributed by atoms with van der Waals surface area (Å²) in [7, 11) is 11.4. The van der Waals surface area contributed by atoms with E-state index in [0.29, 0.717) is 0 Å². The standard InChI is InChI=1S/C9H16B2/c1-4-7-9(5-2,6-3)8(10)11/h4,8H,1,5-7H2,2-3H3. The summed E-state index contributed by atoms with van der Waals surface area (Å²) in [6, 6.07) is 0. The molecule has 0 aromatic rings. The summed E-state index contributed by atoms with van der Waals surface area (Å²) in [5, 5.41) is 0. The molecule has 4 radical (unpaired) electrons. The van der Waals surface area contributed by atoms with Crippen molar-refractivity contribution in [3.63, 3.8) is 0 Å². The fraction of sp³-hybridized carbons (Fsp3) is 0.778. The molecular weight excluding hydrogens is 130 g/mol. The molecule has 0 unspecified atom stereocenters. The number of rotatable bonds is 5. The zero-order valence-electron chi connectivity index (χ0n) is 7.64. The van der Waals surface area contributed by atoms with Crippen molar-refractivity contribution in [3.8, 4) is 0 Å². The highest BCUT2D eigenvalue weighted by Crippen LogP contribution is 2.39. The van der Waals surface area contributed by atoms with E-state index in [-0.39, 0.29) is 11.1 Å². The van der Waals surface area contributed by atoms with Crippen LogP contribution in [0.25, 0.3) is 0 Å². The molecule has 0 aromatic carbocycles. The van der Waals surface area contributed by atoms with Crippen molar-refractivity contribution in [1.82, 2.24) is 0 Å². The van der Waals surface area contributed by atoms with Crippen molar-refractivity contribution in [2.75, 3.05) is 0 Å². The van der Waals surface area contributed by atoms with Gasteiger partial charge in [-0.3, -0.25) is 0 Å². The Bertz CT molecular complexity index is 115. The van der Waals surface area contributed by atoms with Crippen molar-refractivity contribution < 1.29 is 0 Å². The predicted molar refractivity (Wildman–Crippen MR) is 53.1 cm³/mol. The molecule has 0 aliphatic carbocycles. The highest BCUT2D eigenvalue weighted by molar-refractivity contribution is 6.36. The van der Waals surface area contributed by atoms with Gasteiger partial charge in [0, 0.05) is 0 Å². The Morgan fingerprint density at radius 1 is 1.36 bits per heavy atom. The molecule has 0 N–H and O–H groups in total. The minimum atomic E-state index is -0.226. The summed E-state index contributed by atoms with van der Waals surface area (Å²) in [5.74, 6) is 0. The molecule has 0 aromatic heterocycles. The van der Waals surface area contributed by atoms with E-state index in [1.165, 1.54) is 0 Å². The van der Waals surface area contributed by atoms with E-state index in [9.17, 15) is 0 Å². The van der Waals surface area contributed by atoms with Gasteiger partial charge in [-0.1, -0.05) is 32.8 Å². The maximum absolute atomic E-state index is 5.71. The van der Waals surface area contributed by atoms with Gasteiger partial charge in [-0.05, 0) is 11.8 Å². The van der Waals surface area contributed by atoms with Crippen LogP contribution < -0.4 is 0 Å². The molecule has 11 heavy (non-hydrogen) atoms. The summed E-state index contributed by atoms with van der Waals surface area (Å²) < 4.78 is 0. The Hall–Kier alpha value is -0.130. The fourth-order valence-corrected chi connectivity index (χ4v) is 1.43. The molecule has 0 fully saturated rings. The fourth-order valence-electron chi connectivity index (χ4n) is 1.43. The summed E-state index contributed by atoms with van der Waals surface area (Å²) in [6.45, 7) is 7.96. The summed E-state index contributed by atoms with van der Waals surface area (Å²) in [6.07, 6.45) is 4.86. The van der Waals surface area contributed by atoms with Crippen LogP contribution >= 0.6 is 0 Å². The Morgan fingerprint density at radius 3 is 1.91 bits per heavy atom. The van der Waals surface area contributed by atoms with Gasteiger partial charge in [0.15, 0.2) is 0 Å². The number of hydrogen-bond donors (Lipinski definition) is 0. The quantitative estimate of drug-likeness (QED) is 0.412. The summed E-state index contributed by atoms with van der Waals surface area (Å²) in [4.78, 5) is 0. The van der Waals surface area contributed by atoms with Gasteiger partial charge in [-0.15, -0.1) is 12.3 Å². The maximum atomic E-state index is 5.71. The first kappa shape index (κ1) is 10.9. The normalized spacial score (nSPS) is 11.9. The van der Waals surface area contributed by atoms with Gasteiger partial charge in [0.05, 0.1) is 15.7 Å². The molecule has 0 bridgehead atoms. The third-order valence-electron chi connectivity index (χ3n) is 2.67. The lowest BCUT2D eigenvalue weighted by Crippen LogP contribution is -2.25. The zero-order valence-corrected chi connectivity index (χ0v) is 7.64. The van der Waals surface area contributed by atoms with Crippen molar-refractivity contribution >= 4 is 15.7 Å². The van der Waals surface area contributed by atoms with Crippen LogP contribution in [-0.2, 0) is 0 Å². The first-order valence-electron chi connectivity index (χ1n) is 4.25. The largest absolute Gasteiger partial charge is 0.104 e. The molecule has 0 saturated carbocycles. The van der Waals surface area contributed by atoms with Gasteiger partial charge >= 0.3 is 0 Å². The van der Waals surface area contributed by atoms with Crippen LogP contribution in [-0.4, -0.2) is 15.7 Å². The van der Waals surface area contributed by atoms with E-state index in [4.69, 9.17) is 15.7 Å². The monoisotopic (exact) mass is 146 g/mol. The third kappa shape index (κ3) is 2.43. The molecule has 0 heterocycles. The van der Waals surface area contributed by atoms with Crippen LogP contribution in [0.3, 0.4) is 0 Å². The number of allylic oxidation sites excluding steroid dienone is 1. The first-order valence-corrected chi connectivity index (χ1v) is 4.25. The van der Waals surface area contributed by atoms with Gasteiger partial charge in [0.2, 0.25) is 0 Å². The zero-order chi connectivity index (χ0) is 8.91. The van der Waals surface area contributed by atoms with E-state index in [1.54, 1.807) is 0 Å². The van der Waals surface area contributed by atoms with Crippen molar-refractivity contribution in [2.24, 2.45) is 5.41 Å². The van der Waals surface area contributed by atoms with Crippen LogP contribution in [0.15, 0.2) is 12.7 Å². The van der Waals surface area contributed by atoms with Crippen molar-refractivity contribution in [3.05, 3.63) is 12.7 Å². The molecule has 0 aliphatic heterocycles. The molecule has 58 valence electrons. The lowest BCUT2D eigenvalue weighted by molar-refractivity contribution is 0.286. The second kappa shape index (κ2) is 4.69. The molecule has 0 rings (SSSR count). The lowest BCUT2D eigenvalue weighted by atomic mass is 9.52. The molecule has 0 aliphatic rings. The topological polar surface area (TPSA) is 0 Å². The molecule has 0 atom stereocenters. The SMILES string of the molecule is [B]C([B])C(CC)(CC)CC=C. The van der Waals surface area contributed by atoms with Crippen molar-refractivity contribution in [2.45, 2.75) is 38.8 Å². The predicted octanol–water partition coefficient (Wildman–Crippen LogP) is 2.45. The van der Waals surface area contributed by atoms with E-state index in [2.05, 4.69) is 20.4 Å². The van der Waals surface area contributed by atoms with Gasteiger partial charge in [-0.2, -0.15) is 0 Å². The first-order chi connectivity index (χ1) is 5.13. The lowest BCUT2D eigenvalue weighted by Gasteiger charge is -2.35. The van der Waals surface area contributed by atoms with Crippen molar-refractivity contribution in [1.29, 1.82) is 0 Å². The minimum absolute atomic E-state index is 0.0712. The van der Waals surface area contributed by atoms with E-state index in [0.717, 1.165) is 19.3 Å². The molecule has 0 saturated heterocycles.